The number of nitrogens with one attached hydrogen (secondary N) is 1. The summed E-state index contributed by atoms with van der Waals surface area (Å²) < 4.78 is 37.5. The van der Waals surface area contributed by atoms with E-state index in [0.717, 1.165) is 11.8 Å². The third-order valence-corrected chi connectivity index (χ3v) is 3.32. The number of hydrogen-bond acceptors (Lipinski definition) is 4. The van der Waals surface area contributed by atoms with Crippen LogP contribution in [0.25, 0.3) is 0 Å². The lowest BCUT2D eigenvalue weighted by molar-refractivity contribution is -0.141. The number of nitrogens with zero attached hydrogens (tertiary/aromatic N) is 2. The fourth-order valence-electron chi connectivity index (χ4n) is 1.45. The summed E-state index contributed by atoms with van der Waals surface area (Å²) in [5.74, 6) is -0.300. The number of thioether (sulfide) groups is 1. The maximum atomic E-state index is 12.5. The van der Waals surface area contributed by atoms with Crippen LogP contribution in [-0.4, -0.2) is 39.6 Å². The molecule has 20 heavy (non-hydrogen) atoms. The van der Waals surface area contributed by atoms with Crippen LogP contribution in [-0.2, 0) is 11.0 Å². The van der Waals surface area contributed by atoms with Gasteiger partial charge in [0.05, 0.1) is 5.75 Å². The van der Waals surface area contributed by atoms with Gasteiger partial charge < -0.3 is 9.88 Å². The third-order valence-electron chi connectivity index (χ3n) is 2.46. The lowest BCUT2D eigenvalue weighted by atomic mass is 10.4. The minimum atomic E-state index is -4.69. The van der Waals surface area contributed by atoms with E-state index in [1.807, 2.05) is 0 Å². The number of aromatic amines is 1. The molecule has 0 atom stereocenters. The molecule has 5 nitrogen and oxygen atoms in total. The van der Waals surface area contributed by atoms with Crippen LogP contribution in [0.1, 0.15) is 19.5 Å². The summed E-state index contributed by atoms with van der Waals surface area (Å²) >= 11 is 0.774. The van der Waals surface area contributed by atoms with Gasteiger partial charge in [-0.25, -0.2) is 4.98 Å². The highest BCUT2D eigenvalue weighted by Crippen LogP contribution is 2.27. The van der Waals surface area contributed by atoms with Gasteiger partial charge in [0, 0.05) is 19.2 Å². The van der Waals surface area contributed by atoms with E-state index >= 15 is 0 Å². The van der Waals surface area contributed by atoms with E-state index in [9.17, 15) is 22.8 Å². The number of hydrogen-bond donors (Lipinski definition) is 1. The second-order valence-corrected chi connectivity index (χ2v) is 4.75. The maximum Gasteiger partial charge on any atom is 0.433 e. The van der Waals surface area contributed by atoms with Crippen molar-refractivity contribution in [1.29, 1.82) is 0 Å². The molecule has 0 aliphatic rings. The molecule has 1 heterocycles. The highest BCUT2D eigenvalue weighted by atomic mass is 32.2. The Hall–Kier alpha value is -1.51. The first-order valence-corrected chi connectivity index (χ1v) is 6.85. The fraction of sp³-hybridized carbons (Fsp3) is 0.545. The molecular weight excluding hydrogens is 295 g/mol. The number of rotatable bonds is 5. The Balaban J connectivity index is 2.81. The first kappa shape index (κ1) is 16.5. The summed E-state index contributed by atoms with van der Waals surface area (Å²) in [7, 11) is 0. The lowest BCUT2D eigenvalue weighted by Crippen LogP contribution is -2.32. The second-order valence-electron chi connectivity index (χ2n) is 3.79. The van der Waals surface area contributed by atoms with Crippen LogP contribution in [0.2, 0.25) is 0 Å². The van der Waals surface area contributed by atoms with Crippen molar-refractivity contribution in [2.24, 2.45) is 0 Å². The molecule has 0 radical (unpaired) electrons. The zero-order chi connectivity index (χ0) is 15.3. The summed E-state index contributed by atoms with van der Waals surface area (Å²) in [5.41, 5.74) is -2.16. The Kier molecular flexibility index (Phi) is 5.61. The topological polar surface area (TPSA) is 66.1 Å². The smallest absolute Gasteiger partial charge is 0.343 e. The van der Waals surface area contributed by atoms with Crippen LogP contribution >= 0.6 is 11.8 Å². The number of carbonyl (C=O) groups excluding carboxylic acids is 1. The molecule has 1 rings (SSSR count). The lowest BCUT2D eigenvalue weighted by Gasteiger charge is -2.17. The highest BCUT2D eigenvalue weighted by Gasteiger charge is 2.33. The van der Waals surface area contributed by atoms with Crippen molar-refractivity contribution in [3.63, 3.8) is 0 Å². The molecule has 0 aliphatic heterocycles. The summed E-state index contributed by atoms with van der Waals surface area (Å²) in [6.45, 7) is 4.64. The normalized spacial score (nSPS) is 11.4. The number of amides is 1. The summed E-state index contributed by atoms with van der Waals surface area (Å²) in [4.78, 5) is 29.9. The van der Waals surface area contributed by atoms with Crippen LogP contribution in [0.4, 0.5) is 13.2 Å². The average molecular weight is 309 g/mol. The summed E-state index contributed by atoms with van der Waals surface area (Å²) in [6, 6.07) is 0.385. The Labute approximate surface area is 117 Å². The van der Waals surface area contributed by atoms with Gasteiger partial charge in [0.2, 0.25) is 5.91 Å². The molecule has 0 aliphatic carbocycles. The van der Waals surface area contributed by atoms with E-state index in [2.05, 4.69) is 9.97 Å². The molecule has 0 unspecified atom stereocenters. The molecule has 112 valence electrons. The molecule has 0 bridgehead atoms. The van der Waals surface area contributed by atoms with Crippen molar-refractivity contribution in [3.05, 3.63) is 22.1 Å². The highest BCUT2D eigenvalue weighted by molar-refractivity contribution is 7.99. The van der Waals surface area contributed by atoms with Crippen LogP contribution in [0.15, 0.2) is 16.0 Å². The SMILES string of the molecule is CCN(CC)C(=O)CSc1nc(C(F)(F)F)cc(=O)[nH]1. The van der Waals surface area contributed by atoms with Gasteiger partial charge in [-0.3, -0.25) is 9.59 Å². The predicted molar refractivity (Wildman–Crippen MR) is 68.5 cm³/mol. The molecule has 1 aromatic rings. The van der Waals surface area contributed by atoms with Crippen molar-refractivity contribution < 1.29 is 18.0 Å². The van der Waals surface area contributed by atoms with Gasteiger partial charge in [0.15, 0.2) is 10.9 Å². The minimum Gasteiger partial charge on any atom is -0.343 e. The van der Waals surface area contributed by atoms with Gasteiger partial charge in [0.25, 0.3) is 5.56 Å². The molecule has 1 N–H and O–H groups in total. The largest absolute Gasteiger partial charge is 0.433 e. The molecule has 0 aromatic carbocycles. The van der Waals surface area contributed by atoms with Crippen molar-refractivity contribution in [3.8, 4) is 0 Å². The monoisotopic (exact) mass is 309 g/mol. The van der Waals surface area contributed by atoms with E-state index in [0.29, 0.717) is 19.2 Å². The van der Waals surface area contributed by atoms with Gasteiger partial charge in [-0.05, 0) is 13.8 Å². The number of carbonyl (C=O) groups is 1. The van der Waals surface area contributed by atoms with Crippen molar-refractivity contribution >= 4 is 17.7 Å². The number of halogens is 3. The predicted octanol–water partition coefficient (Wildman–Crippen LogP) is 1.75. The van der Waals surface area contributed by atoms with Crippen molar-refractivity contribution in [2.75, 3.05) is 18.8 Å². The van der Waals surface area contributed by atoms with Crippen LogP contribution in [0, 0.1) is 0 Å². The van der Waals surface area contributed by atoms with E-state index in [1.165, 1.54) is 0 Å². The van der Waals surface area contributed by atoms with Gasteiger partial charge in [-0.1, -0.05) is 11.8 Å². The Morgan fingerprint density at radius 1 is 1.40 bits per heavy atom. The van der Waals surface area contributed by atoms with E-state index in [1.54, 1.807) is 18.7 Å². The molecule has 1 aromatic heterocycles. The molecule has 9 heteroatoms. The van der Waals surface area contributed by atoms with Crippen molar-refractivity contribution in [2.45, 2.75) is 25.2 Å². The first-order valence-electron chi connectivity index (χ1n) is 5.87. The van der Waals surface area contributed by atoms with Gasteiger partial charge in [-0.2, -0.15) is 13.2 Å². The zero-order valence-corrected chi connectivity index (χ0v) is 11.8. The summed E-state index contributed by atoms with van der Waals surface area (Å²) in [5, 5.41) is -0.217. The number of alkyl halides is 3. The molecule has 0 fully saturated rings. The summed E-state index contributed by atoms with van der Waals surface area (Å²) in [6.07, 6.45) is -4.69. The average Bonchev–Trinajstić information content (AvgIpc) is 2.36. The van der Waals surface area contributed by atoms with Gasteiger partial charge in [-0.15, -0.1) is 0 Å². The van der Waals surface area contributed by atoms with Gasteiger partial charge in [0.1, 0.15) is 0 Å². The van der Waals surface area contributed by atoms with E-state index in [4.69, 9.17) is 0 Å². The van der Waals surface area contributed by atoms with Crippen LogP contribution < -0.4 is 5.56 Å². The van der Waals surface area contributed by atoms with Gasteiger partial charge >= 0.3 is 6.18 Å². The van der Waals surface area contributed by atoms with E-state index in [-0.39, 0.29) is 16.8 Å². The van der Waals surface area contributed by atoms with Crippen LogP contribution in [0.5, 0.6) is 0 Å². The standard InChI is InChI=1S/C11H14F3N3O2S/c1-3-17(4-2)9(19)6-20-10-15-7(11(12,13)14)5-8(18)16-10/h5H,3-4,6H2,1-2H3,(H,15,16,18). The third kappa shape index (κ3) is 4.55. The fourth-order valence-corrected chi connectivity index (χ4v) is 2.22. The van der Waals surface area contributed by atoms with Crippen LogP contribution in [0.3, 0.4) is 0 Å². The maximum absolute atomic E-state index is 12.5. The van der Waals surface area contributed by atoms with E-state index < -0.39 is 17.4 Å². The number of aromatic nitrogens is 2. The first-order chi connectivity index (χ1) is 9.27. The molecular formula is C11H14F3N3O2S. The molecule has 0 spiro atoms. The molecule has 0 saturated carbocycles. The zero-order valence-electron chi connectivity index (χ0n) is 11.0. The Bertz CT molecular complexity index is 526. The number of H-pyrrole nitrogens is 1. The van der Waals surface area contributed by atoms with Crippen molar-refractivity contribution in [1.82, 2.24) is 14.9 Å². The molecule has 1 amide bonds. The second kappa shape index (κ2) is 6.78. The Morgan fingerprint density at radius 3 is 2.50 bits per heavy atom. The Morgan fingerprint density at radius 2 is 2.00 bits per heavy atom. The molecule has 0 saturated heterocycles. The quantitative estimate of drug-likeness (QED) is 0.665. The minimum absolute atomic E-state index is 0.0774.